The molecular formula is C18H25FO2. The molecule has 0 bridgehead atoms. The summed E-state index contributed by atoms with van der Waals surface area (Å²) in [6, 6.07) is 6.85. The molecule has 2 fully saturated rings. The minimum atomic E-state index is -0.185. The molecule has 2 nitrogen and oxygen atoms in total. The minimum Gasteiger partial charge on any atom is -0.370 e. The number of benzene rings is 1. The number of hydrogen-bond donors (Lipinski definition) is 0. The number of halogens is 1. The fraction of sp³-hybridized carbons (Fsp3) is 0.667. The Bertz CT molecular complexity index is 500. The molecule has 1 aliphatic carbocycles. The Morgan fingerprint density at radius 2 is 2.00 bits per heavy atom. The molecule has 2 unspecified atom stereocenters. The van der Waals surface area contributed by atoms with Gasteiger partial charge in [-0.3, -0.25) is 0 Å². The molecule has 3 rings (SSSR count). The Morgan fingerprint density at radius 3 is 2.71 bits per heavy atom. The van der Waals surface area contributed by atoms with Crippen molar-refractivity contribution in [3.05, 3.63) is 35.6 Å². The van der Waals surface area contributed by atoms with Crippen LogP contribution in [0.25, 0.3) is 0 Å². The second-order valence-electron chi connectivity index (χ2n) is 7.06. The molecule has 2 aliphatic rings. The molecule has 1 heterocycles. The van der Waals surface area contributed by atoms with E-state index >= 15 is 0 Å². The van der Waals surface area contributed by atoms with Crippen molar-refractivity contribution in [3.8, 4) is 0 Å². The first kappa shape index (κ1) is 15.0. The third-order valence-corrected chi connectivity index (χ3v) is 4.93. The highest BCUT2D eigenvalue weighted by Gasteiger charge is 2.50. The van der Waals surface area contributed by atoms with Crippen LogP contribution in [0.15, 0.2) is 24.3 Å². The molecule has 2 atom stereocenters. The van der Waals surface area contributed by atoms with Crippen molar-refractivity contribution in [2.75, 3.05) is 0 Å². The lowest BCUT2D eigenvalue weighted by Crippen LogP contribution is -2.47. The largest absolute Gasteiger partial charge is 0.370 e. The van der Waals surface area contributed by atoms with Gasteiger partial charge >= 0.3 is 0 Å². The van der Waals surface area contributed by atoms with Crippen molar-refractivity contribution in [3.63, 3.8) is 0 Å². The van der Waals surface area contributed by atoms with Gasteiger partial charge in [-0.1, -0.05) is 31.0 Å². The number of rotatable bonds is 3. The first-order valence-electron chi connectivity index (χ1n) is 8.06. The number of ether oxygens (including phenoxy) is 2. The molecule has 0 N–H and O–H groups in total. The Morgan fingerprint density at radius 1 is 1.19 bits per heavy atom. The summed E-state index contributed by atoms with van der Waals surface area (Å²) in [4.78, 5) is 0. The summed E-state index contributed by atoms with van der Waals surface area (Å²) < 4.78 is 26.2. The van der Waals surface area contributed by atoms with Crippen molar-refractivity contribution in [1.29, 1.82) is 0 Å². The molecule has 21 heavy (non-hydrogen) atoms. The lowest BCUT2D eigenvalue weighted by atomic mass is 9.80. The van der Waals surface area contributed by atoms with E-state index in [9.17, 15) is 4.39 Å². The van der Waals surface area contributed by atoms with Crippen molar-refractivity contribution < 1.29 is 13.9 Å². The Balaban J connectivity index is 1.70. The van der Waals surface area contributed by atoms with Gasteiger partial charge in [-0.15, -0.1) is 0 Å². The Hall–Kier alpha value is -0.930. The van der Waals surface area contributed by atoms with Gasteiger partial charge in [0.1, 0.15) is 5.82 Å². The van der Waals surface area contributed by atoms with E-state index in [4.69, 9.17) is 9.47 Å². The van der Waals surface area contributed by atoms with Gasteiger partial charge in [-0.2, -0.15) is 0 Å². The van der Waals surface area contributed by atoms with Gasteiger partial charge in [0.15, 0.2) is 0 Å². The van der Waals surface area contributed by atoms with E-state index in [1.165, 1.54) is 18.9 Å². The maximum Gasteiger partial charge on any atom is 0.128 e. The highest BCUT2D eigenvalue weighted by molar-refractivity contribution is 5.16. The van der Waals surface area contributed by atoms with E-state index in [0.29, 0.717) is 12.2 Å². The first-order chi connectivity index (χ1) is 10.0. The van der Waals surface area contributed by atoms with Crippen LogP contribution >= 0.6 is 0 Å². The van der Waals surface area contributed by atoms with Gasteiger partial charge in [0.05, 0.1) is 23.9 Å². The number of hydrogen-bond acceptors (Lipinski definition) is 2. The van der Waals surface area contributed by atoms with Crippen LogP contribution in [0, 0.1) is 5.82 Å². The molecule has 1 saturated heterocycles. The molecule has 116 valence electrons. The third kappa shape index (κ3) is 3.14. The summed E-state index contributed by atoms with van der Waals surface area (Å²) in [5.41, 5.74) is 0.430. The zero-order valence-electron chi connectivity index (χ0n) is 13.0. The van der Waals surface area contributed by atoms with Gasteiger partial charge in [0.2, 0.25) is 0 Å². The smallest absolute Gasteiger partial charge is 0.128 e. The molecule has 1 aromatic rings. The normalized spacial score (nSPS) is 31.7. The van der Waals surface area contributed by atoms with Crippen LogP contribution in [0.3, 0.4) is 0 Å². The summed E-state index contributed by atoms with van der Waals surface area (Å²) in [6.07, 6.45) is 6.69. The maximum atomic E-state index is 13.7. The van der Waals surface area contributed by atoms with Gasteiger partial charge in [-0.25, -0.2) is 4.39 Å². The van der Waals surface area contributed by atoms with E-state index in [-0.39, 0.29) is 23.1 Å². The summed E-state index contributed by atoms with van der Waals surface area (Å²) >= 11 is 0. The molecule has 1 aromatic carbocycles. The highest BCUT2D eigenvalue weighted by atomic mass is 19.1. The van der Waals surface area contributed by atoms with Crippen LogP contribution < -0.4 is 0 Å². The fourth-order valence-corrected chi connectivity index (χ4v) is 3.79. The van der Waals surface area contributed by atoms with Crippen molar-refractivity contribution >= 4 is 0 Å². The standard InChI is InChI=1S/C18H25FO2/c1-17(2)11-12-18(21-17)10-6-5-9-16(18)20-13-14-7-3-4-8-15(14)19/h3-4,7-8,16H,5-6,9-13H2,1-2H3. The van der Waals surface area contributed by atoms with Gasteiger partial charge < -0.3 is 9.47 Å². The third-order valence-electron chi connectivity index (χ3n) is 4.93. The topological polar surface area (TPSA) is 18.5 Å². The van der Waals surface area contributed by atoms with Crippen molar-refractivity contribution in [2.45, 2.75) is 76.3 Å². The van der Waals surface area contributed by atoms with Crippen LogP contribution in [0.1, 0.15) is 57.9 Å². The molecular weight excluding hydrogens is 267 g/mol. The van der Waals surface area contributed by atoms with Crippen LogP contribution in [0.5, 0.6) is 0 Å². The average molecular weight is 292 g/mol. The predicted molar refractivity (Wildman–Crippen MR) is 80.6 cm³/mol. The first-order valence-corrected chi connectivity index (χ1v) is 8.06. The predicted octanol–water partition coefficient (Wildman–Crippen LogP) is 4.61. The van der Waals surface area contributed by atoms with Crippen LogP contribution in [0.2, 0.25) is 0 Å². The summed E-state index contributed by atoms with van der Waals surface area (Å²) in [5.74, 6) is -0.185. The van der Waals surface area contributed by atoms with E-state index < -0.39 is 0 Å². The zero-order chi connectivity index (χ0) is 14.9. The fourth-order valence-electron chi connectivity index (χ4n) is 3.79. The molecule has 1 saturated carbocycles. The minimum absolute atomic E-state index is 0.0586. The summed E-state index contributed by atoms with van der Waals surface area (Å²) in [6.45, 7) is 4.65. The van der Waals surface area contributed by atoms with E-state index in [1.54, 1.807) is 12.1 Å². The van der Waals surface area contributed by atoms with Gasteiger partial charge in [0, 0.05) is 5.56 Å². The molecule has 1 aliphatic heterocycles. The molecule has 0 amide bonds. The summed E-state index contributed by atoms with van der Waals surface area (Å²) in [7, 11) is 0. The van der Waals surface area contributed by atoms with Crippen LogP contribution in [-0.2, 0) is 16.1 Å². The quantitative estimate of drug-likeness (QED) is 0.809. The molecule has 0 radical (unpaired) electrons. The Kier molecular flexibility index (Phi) is 4.06. The van der Waals surface area contributed by atoms with Crippen LogP contribution in [-0.4, -0.2) is 17.3 Å². The van der Waals surface area contributed by atoms with E-state index in [0.717, 1.165) is 25.7 Å². The van der Waals surface area contributed by atoms with Crippen molar-refractivity contribution in [2.24, 2.45) is 0 Å². The van der Waals surface area contributed by atoms with Crippen LogP contribution in [0.4, 0.5) is 4.39 Å². The second kappa shape index (κ2) is 5.69. The van der Waals surface area contributed by atoms with Gasteiger partial charge in [-0.05, 0) is 45.6 Å². The maximum absolute atomic E-state index is 13.7. The molecule has 1 spiro atoms. The van der Waals surface area contributed by atoms with Gasteiger partial charge in [0.25, 0.3) is 0 Å². The zero-order valence-corrected chi connectivity index (χ0v) is 13.0. The molecule has 3 heteroatoms. The summed E-state index contributed by atoms with van der Waals surface area (Å²) in [5, 5.41) is 0. The lowest BCUT2D eigenvalue weighted by Gasteiger charge is -2.42. The molecule has 0 aromatic heterocycles. The SMILES string of the molecule is CC1(C)CCC2(CCCCC2OCc2ccccc2F)O1. The average Bonchev–Trinajstić information content (AvgIpc) is 2.76. The lowest BCUT2D eigenvalue weighted by molar-refractivity contribution is -0.181. The monoisotopic (exact) mass is 292 g/mol. The van der Waals surface area contributed by atoms with Crippen molar-refractivity contribution in [1.82, 2.24) is 0 Å². The van der Waals surface area contributed by atoms with E-state index in [1.807, 2.05) is 6.07 Å². The van der Waals surface area contributed by atoms with E-state index in [2.05, 4.69) is 13.8 Å². The Labute approximate surface area is 126 Å². The second-order valence-corrected chi connectivity index (χ2v) is 7.06. The highest BCUT2D eigenvalue weighted by Crippen LogP contribution is 2.47.